The first-order valence-corrected chi connectivity index (χ1v) is 5.96. The number of carbonyl (C=O) groups excluding carboxylic acids is 1. The lowest BCUT2D eigenvalue weighted by atomic mass is 10.2. The van der Waals surface area contributed by atoms with E-state index in [0.717, 1.165) is 5.69 Å². The molecule has 4 heteroatoms. The van der Waals surface area contributed by atoms with Crippen LogP contribution < -0.4 is 15.2 Å². The summed E-state index contributed by atoms with van der Waals surface area (Å²) in [7, 11) is 3.90. The van der Waals surface area contributed by atoms with Gasteiger partial charge in [-0.1, -0.05) is 18.2 Å². The Hall–Kier alpha value is -2.49. The van der Waals surface area contributed by atoms with Crippen LogP contribution in [0.5, 0.6) is 5.75 Å². The minimum atomic E-state index is -0.269. The van der Waals surface area contributed by atoms with E-state index in [1.54, 1.807) is 24.3 Å². The predicted octanol–water partition coefficient (Wildman–Crippen LogP) is 2.48. The number of benzene rings is 2. The van der Waals surface area contributed by atoms with E-state index in [9.17, 15) is 4.79 Å². The molecule has 0 fully saturated rings. The zero-order valence-electron chi connectivity index (χ0n) is 11.0. The maximum atomic E-state index is 11.8. The normalized spacial score (nSPS) is 9.79. The molecule has 0 aromatic heterocycles. The number of amides is 1. The summed E-state index contributed by atoms with van der Waals surface area (Å²) in [5, 5.41) is 0. The Morgan fingerprint density at radius 2 is 1.63 bits per heavy atom. The number of hydrogen-bond acceptors (Lipinski definition) is 3. The van der Waals surface area contributed by atoms with Crippen LogP contribution in [0.15, 0.2) is 54.6 Å². The lowest BCUT2D eigenvalue weighted by Gasteiger charge is -2.12. The molecule has 0 saturated heterocycles. The SMILES string of the molecule is CN(C)c1ccc(C(=O)NOc2ccccc2)cc1. The monoisotopic (exact) mass is 256 g/mol. The number of carbonyl (C=O) groups is 1. The third-order valence-corrected chi connectivity index (χ3v) is 2.65. The van der Waals surface area contributed by atoms with Crippen molar-refractivity contribution in [1.29, 1.82) is 0 Å². The third kappa shape index (κ3) is 3.48. The van der Waals surface area contributed by atoms with E-state index >= 15 is 0 Å². The molecule has 19 heavy (non-hydrogen) atoms. The number of hydroxylamine groups is 1. The molecule has 0 aliphatic heterocycles. The molecule has 2 aromatic carbocycles. The van der Waals surface area contributed by atoms with E-state index in [2.05, 4.69) is 5.48 Å². The van der Waals surface area contributed by atoms with Gasteiger partial charge < -0.3 is 9.74 Å². The van der Waals surface area contributed by atoms with Gasteiger partial charge in [0.05, 0.1) is 0 Å². The molecular weight excluding hydrogens is 240 g/mol. The molecule has 1 N–H and O–H groups in total. The summed E-state index contributed by atoms with van der Waals surface area (Å²) in [6.45, 7) is 0. The van der Waals surface area contributed by atoms with Crippen molar-refractivity contribution in [3.8, 4) is 5.75 Å². The Morgan fingerprint density at radius 1 is 1.00 bits per heavy atom. The Balaban J connectivity index is 1.96. The summed E-state index contributed by atoms with van der Waals surface area (Å²) in [6.07, 6.45) is 0. The lowest BCUT2D eigenvalue weighted by Crippen LogP contribution is -2.26. The van der Waals surface area contributed by atoms with Crippen molar-refractivity contribution in [2.75, 3.05) is 19.0 Å². The van der Waals surface area contributed by atoms with Crippen molar-refractivity contribution < 1.29 is 9.63 Å². The zero-order chi connectivity index (χ0) is 13.7. The van der Waals surface area contributed by atoms with Crippen LogP contribution in [0.2, 0.25) is 0 Å². The number of nitrogens with one attached hydrogen (secondary N) is 1. The number of anilines is 1. The second-order valence-electron chi connectivity index (χ2n) is 4.29. The molecule has 2 rings (SSSR count). The third-order valence-electron chi connectivity index (χ3n) is 2.65. The number of nitrogens with zero attached hydrogens (tertiary/aromatic N) is 1. The van der Waals surface area contributed by atoms with Crippen LogP contribution in [0.25, 0.3) is 0 Å². The molecule has 2 aromatic rings. The van der Waals surface area contributed by atoms with Crippen molar-refractivity contribution in [3.63, 3.8) is 0 Å². The van der Waals surface area contributed by atoms with Gasteiger partial charge in [0.25, 0.3) is 5.91 Å². The van der Waals surface area contributed by atoms with Gasteiger partial charge >= 0.3 is 0 Å². The Morgan fingerprint density at radius 3 is 2.21 bits per heavy atom. The standard InChI is InChI=1S/C15H16N2O2/c1-17(2)13-10-8-12(9-11-13)15(18)16-19-14-6-4-3-5-7-14/h3-11H,1-2H3,(H,16,18). The van der Waals surface area contributed by atoms with Gasteiger partial charge in [0.15, 0.2) is 5.75 Å². The van der Waals surface area contributed by atoms with E-state index in [1.807, 2.05) is 49.3 Å². The maximum Gasteiger partial charge on any atom is 0.283 e. The molecule has 0 atom stereocenters. The van der Waals surface area contributed by atoms with Crippen molar-refractivity contribution in [2.45, 2.75) is 0 Å². The highest BCUT2D eigenvalue weighted by Gasteiger charge is 2.06. The van der Waals surface area contributed by atoms with Crippen LogP contribution in [0.3, 0.4) is 0 Å². The maximum absolute atomic E-state index is 11.8. The average Bonchev–Trinajstić information content (AvgIpc) is 2.46. The molecule has 0 bridgehead atoms. The Labute approximate surface area is 112 Å². The average molecular weight is 256 g/mol. The van der Waals surface area contributed by atoms with Gasteiger partial charge in [0.1, 0.15) is 0 Å². The van der Waals surface area contributed by atoms with Crippen molar-refractivity contribution in [2.24, 2.45) is 0 Å². The van der Waals surface area contributed by atoms with E-state index in [4.69, 9.17) is 4.84 Å². The fourth-order valence-corrected chi connectivity index (χ4v) is 1.56. The molecule has 4 nitrogen and oxygen atoms in total. The topological polar surface area (TPSA) is 41.6 Å². The summed E-state index contributed by atoms with van der Waals surface area (Å²) >= 11 is 0. The van der Waals surface area contributed by atoms with E-state index in [0.29, 0.717) is 11.3 Å². The molecule has 98 valence electrons. The smallest absolute Gasteiger partial charge is 0.283 e. The van der Waals surface area contributed by atoms with Crippen molar-refractivity contribution in [3.05, 3.63) is 60.2 Å². The molecule has 0 spiro atoms. The minimum absolute atomic E-state index is 0.269. The highest BCUT2D eigenvalue weighted by molar-refractivity contribution is 5.93. The van der Waals surface area contributed by atoms with E-state index < -0.39 is 0 Å². The van der Waals surface area contributed by atoms with E-state index in [-0.39, 0.29) is 5.91 Å². The summed E-state index contributed by atoms with van der Waals surface area (Å²) in [5.74, 6) is 0.329. The predicted molar refractivity (Wildman–Crippen MR) is 75.3 cm³/mol. The van der Waals surface area contributed by atoms with Crippen LogP contribution in [0.4, 0.5) is 5.69 Å². The fourth-order valence-electron chi connectivity index (χ4n) is 1.56. The molecule has 1 amide bonds. The highest BCUT2D eigenvalue weighted by atomic mass is 16.7. The summed E-state index contributed by atoms with van der Waals surface area (Å²) in [6, 6.07) is 16.4. The zero-order valence-corrected chi connectivity index (χ0v) is 11.0. The molecule has 0 radical (unpaired) electrons. The minimum Gasteiger partial charge on any atom is -0.379 e. The van der Waals surface area contributed by atoms with E-state index in [1.165, 1.54) is 0 Å². The van der Waals surface area contributed by atoms with Crippen LogP contribution in [0, 0.1) is 0 Å². The van der Waals surface area contributed by atoms with Gasteiger partial charge in [-0.3, -0.25) is 4.79 Å². The van der Waals surface area contributed by atoms with Gasteiger partial charge in [0.2, 0.25) is 0 Å². The quantitative estimate of drug-likeness (QED) is 0.854. The molecule has 0 aliphatic rings. The van der Waals surface area contributed by atoms with Crippen molar-refractivity contribution >= 4 is 11.6 Å². The summed E-state index contributed by atoms with van der Waals surface area (Å²) < 4.78 is 0. The Bertz CT molecular complexity index is 536. The van der Waals surface area contributed by atoms with Crippen LogP contribution in [-0.4, -0.2) is 20.0 Å². The molecule has 0 saturated carbocycles. The molecule has 0 unspecified atom stereocenters. The number of hydrogen-bond donors (Lipinski definition) is 1. The van der Waals surface area contributed by atoms with Crippen LogP contribution in [0.1, 0.15) is 10.4 Å². The van der Waals surface area contributed by atoms with Gasteiger partial charge in [-0.05, 0) is 36.4 Å². The van der Waals surface area contributed by atoms with Crippen LogP contribution >= 0.6 is 0 Å². The molecular formula is C15H16N2O2. The second kappa shape index (κ2) is 5.91. The molecule has 0 aliphatic carbocycles. The molecule has 0 heterocycles. The van der Waals surface area contributed by atoms with Gasteiger partial charge in [-0.25, -0.2) is 0 Å². The van der Waals surface area contributed by atoms with Gasteiger partial charge in [-0.15, -0.1) is 0 Å². The number of para-hydroxylation sites is 1. The second-order valence-corrected chi connectivity index (χ2v) is 4.29. The summed E-state index contributed by atoms with van der Waals surface area (Å²) in [4.78, 5) is 19.0. The fraction of sp³-hybridized carbons (Fsp3) is 0.133. The first-order valence-electron chi connectivity index (χ1n) is 5.96. The summed E-state index contributed by atoms with van der Waals surface area (Å²) in [5.41, 5.74) is 4.01. The van der Waals surface area contributed by atoms with Crippen LogP contribution in [-0.2, 0) is 0 Å². The van der Waals surface area contributed by atoms with Crippen molar-refractivity contribution in [1.82, 2.24) is 5.48 Å². The first kappa shape index (κ1) is 13.0. The number of rotatable bonds is 4. The Kier molecular flexibility index (Phi) is 4.03. The largest absolute Gasteiger partial charge is 0.379 e. The first-order chi connectivity index (χ1) is 9.16. The highest BCUT2D eigenvalue weighted by Crippen LogP contribution is 2.12. The lowest BCUT2D eigenvalue weighted by molar-refractivity contribution is 0.0760. The van der Waals surface area contributed by atoms with Gasteiger partial charge in [-0.2, -0.15) is 5.48 Å². The van der Waals surface area contributed by atoms with Gasteiger partial charge in [0, 0.05) is 25.3 Å².